The Morgan fingerprint density at radius 3 is 2.32 bits per heavy atom. The number of benzene rings is 2. The molecular formula is C16H14ClF2NO4S. The van der Waals surface area contributed by atoms with Crippen LogP contribution in [0.4, 0.5) is 14.5 Å². The first-order chi connectivity index (χ1) is 11.8. The summed E-state index contributed by atoms with van der Waals surface area (Å²) in [6, 6.07) is 7.29. The minimum atomic E-state index is -4.40. The van der Waals surface area contributed by atoms with E-state index < -0.39 is 39.1 Å². The van der Waals surface area contributed by atoms with Crippen molar-refractivity contribution in [1.82, 2.24) is 0 Å². The van der Waals surface area contributed by atoms with E-state index in [4.69, 9.17) is 16.3 Å². The SMILES string of the molecule is CCOC(=O)CN(c1ccc(F)cc1)S(=O)(=O)c1cc(F)ccc1Cl. The molecule has 0 aromatic heterocycles. The number of hydrogen-bond donors (Lipinski definition) is 0. The molecule has 0 atom stereocenters. The van der Waals surface area contributed by atoms with Gasteiger partial charge in [-0.15, -0.1) is 0 Å². The molecule has 25 heavy (non-hydrogen) atoms. The van der Waals surface area contributed by atoms with Crippen LogP contribution in [0.25, 0.3) is 0 Å². The van der Waals surface area contributed by atoms with Gasteiger partial charge in [0.15, 0.2) is 0 Å². The maximum Gasteiger partial charge on any atom is 0.326 e. The summed E-state index contributed by atoms with van der Waals surface area (Å²) in [4.78, 5) is 11.3. The molecule has 2 rings (SSSR count). The predicted octanol–water partition coefficient (Wildman–Crippen LogP) is 3.38. The van der Waals surface area contributed by atoms with E-state index in [0.29, 0.717) is 4.31 Å². The molecule has 0 aliphatic heterocycles. The molecule has 0 radical (unpaired) electrons. The second-order valence-electron chi connectivity index (χ2n) is 4.87. The second-order valence-corrected chi connectivity index (χ2v) is 7.11. The van der Waals surface area contributed by atoms with Crippen LogP contribution in [0.1, 0.15) is 6.92 Å². The van der Waals surface area contributed by atoms with Crippen LogP contribution in [0, 0.1) is 11.6 Å². The molecule has 0 spiro atoms. The molecule has 0 saturated heterocycles. The van der Waals surface area contributed by atoms with Crippen molar-refractivity contribution in [3.63, 3.8) is 0 Å². The minimum Gasteiger partial charge on any atom is -0.465 e. The predicted molar refractivity (Wildman–Crippen MR) is 89.0 cm³/mol. The summed E-state index contributed by atoms with van der Waals surface area (Å²) >= 11 is 5.89. The molecule has 5 nitrogen and oxygen atoms in total. The first-order valence-electron chi connectivity index (χ1n) is 7.14. The Hall–Kier alpha value is -2.19. The van der Waals surface area contributed by atoms with E-state index in [2.05, 4.69) is 0 Å². The van der Waals surface area contributed by atoms with Crippen LogP contribution in [0.5, 0.6) is 0 Å². The van der Waals surface area contributed by atoms with Gasteiger partial charge in [-0.2, -0.15) is 0 Å². The average Bonchev–Trinajstić information content (AvgIpc) is 2.56. The summed E-state index contributed by atoms with van der Waals surface area (Å²) in [5, 5.41) is -0.211. The number of sulfonamides is 1. The second kappa shape index (κ2) is 7.79. The topological polar surface area (TPSA) is 63.7 Å². The lowest BCUT2D eigenvalue weighted by Crippen LogP contribution is -2.36. The number of esters is 1. The van der Waals surface area contributed by atoms with Gasteiger partial charge in [0.2, 0.25) is 0 Å². The molecule has 0 aliphatic rings. The molecule has 0 fully saturated rings. The zero-order valence-corrected chi connectivity index (χ0v) is 14.7. The van der Waals surface area contributed by atoms with Crippen molar-refractivity contribution in [2.45, 2.75) is 11.8 Å². The number of carbonyl (C=O) groups excluding carboxylic acids is 1. The van der Waals surface area contributed by atoms with E-state index in [9.17, 15) is 22.0 Å². The molecular weight excluding hydrogens is 376 g/mol. The van der Waals surface area contributed by atoms with Crippen molar-refractivity contribution in [3.8, 4) is 0 Å². The Balaban J connectivity index is 2.54. The van der Waals surface area contributed by atoms with Crippen molar-refractivity contribution in [3.05, 3.63) is 59.1 Å². The molecule has 0 N–H and O–H groups in total. The van der Waals surface area contributed by atoms with Crippen LogP contribution < -0.4 is 4.31 Å². The summed E-state index contributed by atoms with van der Waals surface area (Å²) in [5.41, 5.74) is 0.00906. The number of anilines is 1. The summed E-state index contributed by atoms with van der Waals surface area (Å²) in [6.45, 7) is 0.948. The van der Waals surface area contributed by atoms with Crippen molar-refractivity contribution in [2.24, 2.45) is 0 Å². The van der Waals surface area contributed by atoms with Gasteiger partial charge in [0.1, 0.15) is 23.1 Å². The van der Waals surface area contributed by atoms with Crippen LogP contribution in [0.3, 0.4) is 0 Å². The highest BCUT2D eigenvalue weighted by molar-refractivity contribution is 7.93. The van der Waals surface area contributed by atoms with Gasteiger partial charge >= 0.3 is 5.97 Å². The molecule has 0 heterocycles. The van der Waals surface area contributed by atoms with Crippen LogP contribution in [0.2, 0.25) is 5.02 Å². The Morgan fingerprint density at radius 2 is 1.72 bits per heavy atom. The van der Waals surface area contributed by atoms with E-state index in [1.807, 2.05) is 0 Å². The largest absolute Gasteiger partial charge is 0.465 e. The Labute approximate surface area is 148 Å². The number of nitrogens with zero attached hydrogens (tertiary/aromatic N) is 1. The van der Waals surface area contributed by atoms with E-state index in [1.54, 1.807) is 6.92 Å². The number of hydrogen-bond acceptors (Lipinski definition) is 4. The van der Waals surface area contributed by atoms with Gasteiger partial charge in [-0.05, 0) is 49.4 Å². The van der Waals surface area contributed by atoms with Crippen molar-refractivity contribution >= 4 is 33.3 Å². The third-order valence-electron chi connectivity index (χ3n) is 3.15. The molecule has 0 saturated carbocycles. The normalized spacial score (nSPS) is 11.2. The van der Waals surface area contributed by atoms with Gasteiger partial charge in [-0.1, -0.05) is 11.6 Å². The first-order valence-corrected chi connectivity index (χ1v) is 8.96. The lowest BCUT2D eigenvalue weighted by Gasteiger charge is -2.24. The van der Waals surface area contributed by atoms with Gasteiger partial charge in [-0.3, -0.25) is 9.10 Å². The molecule has 2 aromatic rings. The Morgan fingerprint density at radius 1 is 1.12 bits per heavy atom. The lowest BCUT2D eigenvalue weighted by atomic mass is 10.3. The molecule has 0 aliphatic carbocycles. The number of rotatable bonds is 6. The summed E-state index contributed by atoms with van der Waals surface area (Å²) in [7, 11) is -4.40. The van der Waals surface area contributed by atoms with Crippen LogP contribution in [-0.2, 0) is 19.6 Å². The van der Waals surface area contributed by atoms with Crippen LogP contribution >= 0.6 is 11.6 Å². The zero-order chi connectivity index (χ0) is 18.6. The third-order valence-corrected chi connectivity index (χ3v) is 5.41. The molecule has 2 aromatic carbocycles. The molecule has 9 heteroatoms. The number of halogens is 3. The fourth-order valence-corrected chi connectivity index (χ4v) is 3.94. The van der Waals surface area contributed by atoms with Crippen molar-refractivity contribution < 1.29 is 26.7 Å². The molecule has 0 amide bonds. The zero-order valence-electron chi connectivity index (χ0n) is 13.1. The highest BCUT2D eigenvalue weighted by Gasteiger charge is 2.30. The summed E-state index contributed by atoms with van der Waals surface area (Å²) in [6.07, 6.45) is 0. The average molecular weight is 390 g/mol. The monoisotopic (exact) mass is 389 g/mol. The van der Waals surface area contributed by atoms with E-state index in [0.717, 1.165) is 30.3 Å². The van der Waals surface area contributed by atoms with Gasteiger partial charge < -0.3 is 4.74 Å². The van der Waals surface area contributed by atoms with Gasteiger partial charge in [0.05, 0.1) is 17.3 Å². The van der Waals surface area contributed by atoms with Crippen molar-refractivity contribution in [1.29, 1.82) is 0 Å². The Kier molecular flexibility index (Phi) is 5.97. The van der Waals surface area contributed by atoms with Gasteiger partial charge in [0.25, 0.3) is 10.0 Å². The highest BCUT2D eigenvalue weighted by Crippen LogP contribution is 2.29. The molecule has 134 valence electrons. The quantitative estimate of drug-likeness (QED) is 0.710. The highest BCUT2D eigenvalue weighted by atomic mass is 35.5. The summed E-state index contributed by atoms with van der Waals surface area (Å²) in [5.74, 6) is -2.21. The minimum absolute atomic E-state index is 0.00906. The smallest absolute Gasteiger partial charge is 0.326 e. The van der Waals surface area contributed by atoms with Gasteiger partial charge in [-0.25, -0.2) is 17.2 Å². The lowest BCUT2D eigenvalue weighted by molar-refractivity contribution is -0.141. The maximum absolute atomic E-state index is 13.5. The Bertz CT molecular complexity index is 872. The fourth-order valence-electron chi connectivity index (χ4n) is 2.04. The number of carbonyl (C=O) groups is 1. The summed E-state index contributed by atoms with van der Waals surface area (Å²) < 4.78 is 57.9. The van der Waals surface area contributed by atoms with E-state index in [-0.39, 0.29) is 17.3 Å². The third kappa shape index (κ3) is 4.46. The first kappa shape index (κ1) is 19.1. The van der Waals surface area contributed by atoms with Crippen molar-refractivity contribution in [2.75, 3.05) is 17.5 Å². The maximum atomic E-state index is 13.5. The molecule has 0 unspecified atom stereocenters. The van der Waals surface area contributed by atoms with E-state index in [1.165, 1.54) is 12.1 Å². The van der Waals surface area contributed by atoms with Crippen LogP contribution in [-0.4, -0.2) is 27.5 Å². The fraction of sp³-hybridized carbons (Fsp3) is 0.188. The van der Waals surface area contributed by atoms with Gasteiger partial charge in [0, 0.05) is 0 Å². The van der Waals surface area contributed by atoms with E-state index >= 15 is 0 Å². The molecule has 0 bridgehead atoms. The van der Waals surface area contributed by atoms with Crippen LogP contribution in [0.15, 0.2) is 47.4 Å². The number of ether oxygens (including phenoxy) is 1. The standard InChI is InChI=1S/C16H14ClF2NO4S/c1-2-24-16(21)10-20(13-6-3-11(18)4-7-13)25(22,23)15-9-12(19)5-8-14(15)17/h3-9H,2,10H2,1H3.